The van der Waals surface area contributed by atoms with E-state index in [0.29, 0.717) is 0 Å². The molecule has 21 heavy (non-hydrogen) atoms. The predicted octanol–water partition coefficient (Wildman–Crippen LogP) is 2.42. The molecule has 1 aliphatic carbocycles. The third-order valence-corrected chi connectivity index (χ3v) is 5.48. The van der Waals surface area contributed by atoms with Crippen molar-refractivity contribution in [2.45, 2.75) is 42.3 Å². The van der Waals surface area contributed by atoms with Crippen LogP contribution in [-0.4, -0.2) is 26.7 Å². The summed E-state index contributed by atoms with van der Waals surface area (Å²) in [6.45, 7) is 0.814. The second kappa shape index (κ2) is 4.61. The van der Waals surface area contributed by atoms with E-state index >= 15 is 0 Å². The molecule has 1 aromatic carbocycles. The molecule has 0 radical (unpaired) electrons. The highest BCUT2D eigenvalue weighted by atomic mass is 32.2. The van der Waals surface area contributed by atoms with Crippen molar-refractivity contribution in [3.05, 3.63) is 23.8 Å². The van der Waals surface area contributed by atoms with Crippen molar-refractivity contribution in [1.82, 2.24) is 4.72 Å². The first-order chi connectivity index (χ1) is 9.74. The van der Waals surface area contributed by atoms with Crippen LogP contribution in [0.3, 0.4) is 0 Å². The van der Waals surface area contributed by atoms with Crippen LogP contribution in [0, 0.1) is 0 Å². The number of benzene rings is 1. The van der Waals surface area contributed by atoms with Crippen LogP contribution in [-0.2, 0) is 16.4 Å². The Morgan fingerprint density at radius 3 is 2.57 bits per heavy atom. The molecular weight excluding hydrogens is 305 g/mol. The van der Waals surface area contributed by atoms with Crippen LogP contribution in [0.15, 0.2) is 23.1 Å². The van der Waals surface area contributed by atoms with E-state index in [9.17, 15) is 21.6 Å². The Labute approximate surface area is 120 Å². The molecule has 0 atom stereocenters. The van der Waals surface area contributed by atoms with E-state index < -0.39 is 21.7 Å². The number of aryl methyl sites for hydroxylation is 1. The number of fused-ring (bicyclic) bond motifs is 1. The van der Waals surface area contributed by atoms with Crippen LogP contribution in [0.25, 0.3) is 0 Å². The lowest BCUT2D eigenvalue weighted by Gasteiger charge is -2.22. The standard InChI is InChI=1S/C13H15F3N2O2S/c14-13(15,16)12(5-6-12)18-21(19,20)10-3-4-11-9(8-10)2-1-7-17-11/h3-4,8,17-18H,1-2,5-7H2. The molecule has 1 aromatic rings. The van der Waals surface area contributed by atoms with Crippen molar-refractivity contribution < 1.29 is 21.6 Å². The van der Waals surface area contributed by atoms with E-state index in [2.05, 4.69) is 5.32 Å². The number of rotatable bonds is 3. The van der Waals surface area contributed by atoms with E-state index in [0.717, 1.165) is 30.6 Å². The third kappa shape index (κ3) is 2.62. The first-order valence-electron chi connectivity index (χ1n) is 6.71. The molecule has 0 unspecified atom stereocenters. The molecular formula is C13H15F3N2O2S. The summed E-state index contributed by atoms with van der Waals surface area (Å²) in [6, 6.07) is 4.40. The maximum atomic E-state index is 12.9. The summed E-state index contributed by atoms with van der Waals surface area (Å²) in [7, 11) is -4.17. The minimum absolute atomic E-state index is 0.111. The van der Waals surface area contributed by atoms with Gasteiger partial charge in [-0.15, -0.1) is 0 Å². The minimum Gasteiger partial charge on any atom is -0.385 e. The lowest BCUT2D eigenvalue weighted by Crippen LogP contribution is -2.47. The van der Waals surface area contributed by atoms with Gasteiger partial charge < -0.3 is 5.32 Å². The van der Waals surface area contributed by atoms with Crippen molar-refractivity contribution in [2.24, 2.45) is 0 Å². The highest BCUT2D eigenvalue weighted by Crippen LogP contribution is 2.49. The molecule has 0 saturated heterocycles. The summed E-state index contributed by atoms with van der Waals surface area (Å²) < 4.78 is 64.8. The predicted molar refractivity (Wildman–Crippen MR) is 71.6 cm³/mol. The van der Waals surface area contributed by atoms with Gasteiger partial charge in [-0.1, -0.05) is 0 Å². The van der Waals surface area contributed by atoms with Crippen molar-refractivity contribution in [1.29, 1.82) is 0 Å². The van der Waals surface area contributed by atoms with Crippen molar-refractivity contribution in [3.63, 3.8) is 0 Å². The van der Waals surface area contributed by atoms with E-state index in [1.165, 1.54) is 12.1 Å². The molecule has 0 aromatic heterocycles. The monoisotopic (exact) mass is 320 g/mol. The number of sulfonamides is 1. The summed E-state index contributed by atoms with van der Waals surface area (Å²) in [5.74, 6) is 0. The molecule has 4 nitrogen and oxygen atoms in total. The summed E-state index contributed by atoms with van der Waals surface area (Å²) in [6.07, 6.45) is -3.38. The van der Waals surface area contributed by atoms with Crippen molar-refractivity contribution in [3.8, 4) is 0 Å². The third-order valence-electron chi connectivity index (χ3n) is 3.95. The molecule has 0 spiro atoms. The molecule has 3 rings (SSSR count). The lowest BCUT2D eigenvalue weighted by molar-refractivity contribution is -0.160. The van der Waals surface area contributed by atoms with Crippen molar-refractivity contribution >= 4 is 15.7 Å². The van der Waals surface area contributed by atoms with Gasteiger partial charge in [-0.25, -0.2) is 8.42 Å². The number of nitrogens with one attached hydrogen (secondary N) is 2. The molecule has 1 saturated carbocycles. The topological polar surface area (TPSA) is 58.2 Å². The molecule has 2 N–H and O–H groups in total. The fourth-order valence-electron chi connectivity index (χ4n) is 2.50. The zero-order valence-corrected chi connectivity index (χ0v) is 11.9. The summed E-state index contributed by atoms with van der Waals surface area (Å²) in [4.78, 5) is -0.111. The zero-order chi connectivity index (χ0) is 15.3. The van der Waals surface area contributed by atoms with Gasteiger partial charge in [0.25, 0.3) is 0 Å². The molecule has 0 amide bonds. The average molecular weight is 320 g/mol. The quantitative estimate of drug-likeness (QED) is 0.899. The first-order valence-corrected chi connectivity index (χ1v) is 8.19. The zero-order valence-electron chi connectivity index (χ0n) is 11.1. The van der Waals surface area contributed by atoms with Crippen LogP contribution in [0.2, 0.25) is 0 Å². The molecule has 1 aliphatic heterocycles. The highest BCUT2D eigenvalue weighted by Gasteiger charge is 2.65. The van der Waals surface area contributed by atoms with Gasteiger partial charge in [-0.3, -0.25) is 0 Å². The summed E-state index contributed by atoms with van der Waals surface area (Å²) in [5, 5.41) is 3.13. The Hall–Kier alpha value is -1.28. The van der Waals surface area contributed by atoms with Gasteiger partial charge in [0, 0.05) is 12.2 Å². The normalized spacial score (nSPS) is 20.5. The highest BCUT2D eigenvalue weighted by molar-refractivity contribution is 7.89. The van der Waals surface area contributed by atoms with E-state index in [-0.39, 0.29) is 17.7 Å². The van der Waals surface area contributed by atoms with E-state index in [4.69, 9.17) is 0 Å². The molecule has 1 fully saturated rings. The van der Waals surface area contributed by atoms with Crippen molar-refractivity contribution in [2.75, 3.05) is 11.9 Å². The molecule has 0 bridgehead atoms. The number of halogens is 3. The van der Waals surface area contributed by atoms with Crippen LogP contribution in [0.4, 0.5) is 18.9 Å². The maximum Gasteiger partial charge on any atom is 0.407 e. The van der Waals surface area contributed by atoms with Gasteiger partial charge in [-0.05, 0) is 49.4 Å². The van der Waals surface area contributed by atoms with Crippen LogP contribution in [0.5, 0.6) is 0 Å². The second-order valence-corrected chi connectivity index (χ2v) is 7.22. The number of alkyl halides is 3. The van der Waals surface area contributed by atoms with E-state index in [1.54, 1.807) is 6.07 Å². The molecule has 116 valence electrons. The van der Waals surface area contributed by atoms with Gasteiger partial charge in [0.2, 0.25) is 10.0 Å². The fraction of sp³-hybridized carbons (Fsp3) is 0.538. The number of anilines is 1. The molecule has 1 heterocycles. The van der Waals surface area contributed by atoms with E-state index in [1.807, 2.05) is 4.72 Å². The Morgan fingerprint density at radius 2 is 1.95 bits per heavy atom. The SMILES string of the molecule is O=S(=O)(NC1(C(F)(F)F)CC1)c1ccc2c(c1)CCCN2. The number of hydrogen-bond donors (Lipinski definition) is 2. The fourth-order valence-corrected chi connectivity index (χ4v) is 4.00. The Bertz CT molecular complexity index is 666. The average Bonchev–Trinajstić information content (AvgIpc) is 3.18. The molecule has 2 aliphatic rings. The summed E-state index contributed by atoms with van der Waals surface area (Å²) >= 11 is 0. The second-order valence-electron chi connectivity index (χ2n) is 5.53. The first kappa shape index (κ1) is 14.6. The largest absolute Gasteiger partial charge is 0.407 e. The number of hydrogen-bond acceptors (Lipinski definition) is 3. The van der Waals surface area contributed by atoms with Gasteiger partial charge in [-0.2, -0.15) is 17.9 Å². The van der Waals surface area contributed by atoms with Gasteiger partial charge in [0.05, 0.1) is 4.90 Å². The Morgan fingerprint density at radius 1 is 1.24 bits per heavy atom. The van der Waals surface area contributed by atoms with Gasteiger partial charge in [0.15, 0.2) is 0 Å². The minimum atomic E-state index is -4.56. The van der Waals surface area contributed by atoms with Crippen LogP contribution in [0.1, 0.15) is 24.8 Å². The Kier molecular flexibility index (Phi) is 3.21. The van der Waals surface area contributed by atoms with Crippen LogP contribution >= 0.6 is 0 Å². The summed E-state index contributed by atoms with van der Waals surface area (Å²) in [5.41, 5.74) is -0.613. The Balaban J connectivity index is 1.89. The maximum absolute atomic E-state index is 12.9. The van der Waals surface area contributed by atoms with Crippen LogP contribution < -0.4 is 10.0 Å². The van der Waals surface area contributed by atoms with Gasteiger partial charge in [0.1, 0.15) is 5.54 Å². The lowest BCUT2D eigenvalue weighted by atomic mass is 10.0. The smallest absolute Gasteiger partial charge is 0.385 e. The molecule has 8 heteroatoms. The van der Waals surface area contributed by atoms with Gasteiger partial charge >= 0.3 is 6.18 Å².